The van der Waals surface area contributed by atoms with Crippen LogP contribution in [0.2, 0.25) is 0 Å². The van der Waals surface area contributed by atoms with Gasteiger partial charge in [0.25, 0.3) is 5.91 Å². The zero-order chi connectivity index (χ0) is 20.8. The minimum atomic E-state index is -0.679. The van der Waals surface area contributed by atoms with Gasteiger partial charge in [-0.2, -0.15) is 0 Å². The van der Waals surface area contributed by atoms with Crippen molar-refractivity contribution in [3.63, 3.8) is 0 Å². The van der Waals surface area contributed by atoms with E-state index in [1.165, 1.54) is 6.07 Å². The molecule has 1 atom stereocenters. The van der Waals surface area contributed by atoms with Crippen LogP contribution in [0.15, 0.2) is 12.1 Å². The lowest BCUT2D eigenvalue weighted by Gasteiger charge is -2.22. The molecule has 0 fully saturated rings. The van der Waals surface area contributed by atoms with Gasteiger partial charge in [0.2, 0.25) is 0 Å². The number of H-pyrrole nitrogens is 1. The summed E-state index contributed by atoms with van der Waals surface area (Å²) >= 11 is 0. The van der Waals surface area contributed by atoms with Crippen molar-refractivity contribution in [2.24, 2.45) is 5.73 Å². The topological polar surface area (TPSA) is 97.2 Å². The smallest absolute Gasteiger partial charge is 0.407 e. The average Bonchev–Trinajstić information content (AvgIpc) is 3.11. The molecule has 0 spiro atoms. The van der Waals surface area contributed by atoms with Gasteiger partial charge < -0.3 is 20.8 Å². The van der Waals surface area contributed by atoms with E-state index in [2.05, 4.69) is 10.3 Å². The summed E-state index contributed by atoms with van der Waals surface area (Å²) in [7, 11) is 0. The molecule has 1 aliphatic carbocycles. The number of aromatic nitrogens is 1. The molecule has 4 N–H and O–H groups in total. The molecule has 0 saturated heterocycles. The van der Waals surface area contributed by atoms with Crippen molar-refractivity contribution in [2.45, 2.75) is 59.1 Å². The Morgan fingerprint density at radius 2 is 2.00 bits per heavy atom. The first-order chi connectivity index (χ1) is 13.0. The predicted octanol–water partition coefficient (Wildman–Crippen LogP) is 4.09. The Bertz CT molecular complexity index is 999. The second-order valence-corrected chi connectivity index (χ2v) is 8.28. The first-order valence-electron chi connectivity index (χ1n) is 9.28. The number of hydrogen-bond donors (Lipinski definition) is 3. The van der Waals surface area contributed by atoms with Gasteiger partial charge in [0.1, 0.15) is 11.4 Å². The van der Waals surface area contributed by atoms with E-state index in [9.17, 15) is 9.59 Å². The number of nitrogens with two attached hydrogens (primary N) is 1. The predicted molar refractivity (Wildman–Crippen MR) is 107 cm³/mol. The van der Waals surface area contributed by atoms with E-state index in [1.54, 1.807) is 20.8 Å². The van der Waals surface area contributed by atoms with E-state index in [0.717, 1.165) is 16.8 Å². The third-order valence-electron chi connectivity index (χ3n) is 4.95. The number of halogens is 1. The molecular formula is C21H26FN3O3. The Kier molecular flexibility index (Phi) is 4.95. The summed E-state index contributed by atoms with van der Waals surface area (Å²) in [5.74, 6) is -1.17. The Labute approximate surface area is 163 Å². The fourth-order valence-corrected chi connectivity index (χ4v) is 3.64. The van der Waals surface area contributed by atoms with Crippen molar-refractivity contribution in [1.29, 1.82) is 0 Å². The molecule has 7 heteroatoms. The molecule has 1 aliphatic rings. The Hall–Kier alpha value is -2.83. The van der Waals surface area contributed by atoms with Crippen molar-refractivity contribution >= 4 is 28.5 Å². The first kappa shape index (κ1) is 19.9. The number of carbonyl (C=O) groups is 2. The quantitative estimate of drug-likeness (QED) is 0.740. The van der Waals surface area contributed by atoms with Gasteiger partial charge in [0.05, 0.1) is 11.1 Å². The van der Waals surface area contributed by atoms with Gasteiger partial charge in [0, 0.05) is 22.7 Å². The normalized spacial score (nSPS) is 16.9. The number of aryl methyl sites for hydroxylation is 2. The van der Waals surface area contributed by atoms with Crippen LogP contribution in [0.1, 0.15) is 60.8 Å². The number of fused-ring (bicyclic) bond motifs is 1. The number of carbonyl (C=O) groups excluding carboxylic acids is 2. The van der Waals surface area contributed by atoms with Crippen LogP contribution in [0.3, 0.4) is 0 Å². The summed E-state index contributed by atoms with van der Waals surface area (Å²) in [5, 5.41) is 3.50. The van der Waals surface area contributed by atoms with Crippen LogP contribution in [0.4, 0.5) is 9.18 Å². The number of amides is 2. The molecule has 0 aliphatic heterocycles. The molecule has 6 nitrogen and oxygen atoms in total. The SMILES string of the molecule is Cc1[nH]c2c(C(N)=O)cc(F)c(C3=CCC(NC(=O)OC(C)(C)C)C3)c2c1C. The van der Waals surface area contributed by atoms with Gasteiger partial charge in [0.15, 0.2) is 0 Å². The Balaban J connectivity index is 1.93. The van der Waals surface area contributed by atoms with Gasteiger partial charge in [-0.25, -0.2) is 9.18 Å². The maximum absolute atomic E-state index is 15.0. The van der Waals surface area contributed by atoms with E-state index in [0.29, 0.717) is 29.3 Å². The summed E-state index contributed by atoms with van der Waals surface area (Å²) < 4.78 is 20.3. The Morgan fingerprint density at radius 3 is 2.61 bits per heavy atom. The van der Waals surface area contributed by atoms with E-state index in [1.807, 2.05) is 19.9 Å². The number of ether oxygens (including phenoxy) is 1. The van der Waals surface area contributed by atoms with Crippen LogP contribution in [-0.2, 0) is 4.74 Å². The molecule has 1 aromatic carbocycles. The van der Waals surface area contributed by atoms with Gasteiger partial charge in [-0.05, 0) is 64.7 Å². The van der Waals surface area contributed by atoms with E-state index in [4.69, 9.17) is 10.5 Å². The summed E-state index contributed by atoms with van der Waals surface area (Å²) in [5.41, 5.74) is 8.51. The number of aromatic amines is 1. The molecular weight excluding hydrogens is 361 g/mol. The van der Waals surface area contributed by atoms with Crippen LogP contribution in [0, 0.1) is 19.7 Å². The molecule has 0 saturated carbocycles. The summed E-state index contributed by atoms with van der Waals surface area (Å²) in [6.45, 7) is 9.16. The lowest BCUT2D eigenvalue weighted by atomic mass is 9.95. The first-order valence-corrected chi connectivity index (χ1v) is 9.28. The molecule has 1 unspecified atom stereocenters. The lowest BCUT2D eigenvalue weighted by Crippen LogP contribution is -2.38. The molecule has 2 amide bonds. The van der Waals surface area contributed by atoms with Crippen molar-refractivity contribution in [3.05, 3.63) is 40.3 Å². The number of benzene rings is 1. The van der Waals surface area contributed by atoms with Crippen LogP contribution in [-0.4, -0.2) is 28.6 Å². The molecule has 0 bridgehead atoms. The molecule has 3 rings (SSSR count). The minimum absolute atomic E-state index is 0.134. The van der Waals surface area contributed by atoms with Gasteiger partial charge >= 0.3 is 6.09 Å². The lowest BCUT2D eigenvalue weighted by molar-refractivity contribution is 0.0507. The van der Waals surface area contributed by atoms with Crippen molar-refractivity contribution in [3.8, 4) is 0 Å². The van der Waals surface area contributed by atoms with Gasteiger partial charge in [-0.3, -0.25) is 4.79 Å². The number of rotatable bonds is 3. The highest BCUT2D eigenvalue weighted by atomic mass is 19.1. The Morgan fingerprint density at radius 1 is 1.32 bits per heavy atom. The molecule has 0 radical (unpaired) electrons. The minimum Gasteiger partial charge on any atom is -0.444 e. The standard InChI is InChI=1S/C21H26FN3O3/c1-10-11(2)24-18-14(19(23)26)9-15(22)17(16(10)18)12-6-7-13(8-12)25-20(27)28-21(3,4)5/h6,9,13,24H,7-8H2,1-5H3,(H2,23,26)(H,25,27). The number of hydrogen-bond acceptors (Lipinski definition) is 3. The highest BCUT2D eigenvalue weighted by molar-refractivity contribution is 6.09. The van der Waals surface area contributed by atoms with Crippen molar-refractivity contribution in [2.75, 3.05) is 0 Å². The third-order valence-corrected chi connectivity index (χ3v) is 4.95. The second kappa shape index (κ2) is 6.96. The molecule has 150 valence electrons. The second-order valence-electron chi connectivity index (χ2n) is 8.28. The van der Waals surface area contributed by atoms with Crippen LogP contribution >= 0.6 is 0 Å². The summed E-state index contributed by atoms with van der Waals surface area (Å²) in [6.07, 6.45) is 2.49. The molecule has 1 aromatic heterocycles. The number of alkyl carbamates (subject to hydrolysis) is 1. The van der Waals surface area contributed by atoms with Gasteiger partial charge in [-0.1, -0.05) is 6.08 Å². The fraction of sp³-hybridized carbons (Fsp3) is 0.429. The summed E-state index contributed by atoms with van der Waals surface area (Å²) in [4.78, 5) is 26.9. The molecule has 1 heterocycles. The van der Waals surface area contributed by atoms with E-state index >= 15 is 4.39 Å². The largest absolute Gasteiger partial charge is 0.444 e. The molecule has 2 aromatic rings. The number of primary amides is 1. The van der Waals surface area contributed by atoms with Crippen LogP contribution < -0.4 is 11.1 Å². The highest BCUT2D eigenvalue weighted by Gasteiger charge is 2.28. The van der Waals surface area contributed by atoms with E-state index in [-0.39, 0.29) is 11.6 Å². The maximum atomic E-state index is 15.0. The van der Waals surface area contributed by atoms with E-state index < -0.39 is 23.4 Å². The maximum Gasteiger partial charge on any atom is 0.407 e. The van der Waals surface area contributed by atoms with Gasteiger partial charge in [-0.15, -0.1) is 0 Å². The van der Waals surface area contributed by atoms with Crippen LogP contribution in [0.25, 0.3) is 16.5 Å². The molecule has 28 heavy (non-hydrogen) atoms. The average molecular weight is 387 g/mol. The summed E-state index contributed by atoms with van der Waals surface area (Å²) in [6, 6.07) is 1.01. The number of nitrogens with one attached hydrogen (secondary N) is 2. The highest BCUT2D eigenvalue weighted by Crippen LogP contribution is 2.38. The zero-order valence-corrected chi connectivity index (χ0v) is 16.8. The fourth-order valence-electron chi connectivity index (χ4n) is 3.64. The van der Waals surface area contributed by atoms with Crippen LogP contribution in [0.5, 0.6) is 0 Å². The van der Waals surface area contributed by atoms with Crippen molar-refractivity contribution < 1.29 is 18.7 Å². The zero-order valence-electron chi connectivity index (χ0n) is 16.8. The van der Waals surface area contributed by atoms with Crippen molar-refractivity contribution in [1.82, 2.24) is 10.3 Å². The third kappa shape index (κ3) is 3.74. The monoisotopic (exact) mass is 387 g/mol.